The van der Waals surface area contributed by atoms with E-state index in [-0.39, 0.29) is 23.6 Å². The molecular weight excluding hydrogens is 256 g/mol. The smallest absolute Gasteiger partial charge is 0.256 e. The third-order valence-corrected chi connectivity index (χ3v) is 3.95. The number of allylic oxidation sites excluding steroid dienone is 2. The van der Waals surface area contributed by atoms with Gasteiger partial charge in [-0.3, -0.25) is 14.4 Å². The molecule has 1 aliphatic carbocycles. The first-order valence-electron chi connectivity index (χ1n) is 7.12. The second kappa shape index (κ2) is 6.59. The van der Waals surface area contributed by atoms with Gasteiger partial charge < -0.3 is 5.32 Å². The van der Waals surface area contributed by atoms with Crippen LogP contribution in [0.2, 0.25) is 0 Å². The number of rotatable bonds is 3. The number of hydrogen-bond donors (Lipinski definition) is 1. The molecule has 0 saturated heterocycles. The van der Waals surface area contributed by atoms with E-state index in [2.05, 4.69) is 10.3 Å². The van der Waals surface area contributed by atoms with Crippen LogP contribution in [0.25, 0.3) is 0 Å². The summed E-state index contributed by atoms with van der Waals surface area (Å²) < 4.78 is 0. The van der Waals surface area contributed by atoms with E-state index in [9.17, 15) is 14.4 Å². The Balaban J connectivity index is 1.96. The number of carbonyl (C=O) groups is 3. The standard InChI is InChI=1S/C15H20N2O3/c1-10(18)17-12-5-2-4-11(8-12)9-13-14(19)6-3-7-16-15(13)20/h3,6-7,11-13H,2,4-5,8-9H2,1H3,(H,17,18). The second-order valence-electron chi connectivity index (χ2n) is 5.60. The fraction of sp³-hybridized carbons (Fsp3) is 0.600. The maximum absolute atomic E-state index is 11.9. The molecule has 0 aromatic rings. The SMILES string of the molecule is CC(=O)NC1CCCC(CC2C(=O)C=CC=NC2=O)C1. The summed E-state index contributed by atoms with van der Waals surface area (Å²) in [5.74, 6) is -0.883. The maximum atomic E-state index is 11.9. The number of amides is 2. The van der Waals surface area contributed by atoms with Crippen LogP contribution in [0.15, 0.2) is 17.1 Å². The molecule has 108 valence electrons. The molecule has 0 spiro atoms. The van der Waals surface area contributed by atoms with Crippen molar-refractivity contribution < 1.29 is 14.4 Å². The molecule has 2 aliphatic rings. The van der Waals surface area contributed by atoms with Crippen molar-refractivity contribution >= 4 is 23.8 Å². The van der Waals surface area contributed by atoms with E-state index in [0.717, 1.165) is 25.7 Å². The highest BCUT2D eigenvalue weighted by Gasteiger charge is 2.31. The van der Waals surface area contributed by atoms with Crippen LogP contribution < -0.4 is 5.32 Å². The molecule has 5 heteroatoms. The summed E-state index contributed by atoms with van der Waals surface area (Å²) in [5.41, 5.74) is 0. The van der Waals surface area contributed by atoms with Crippen LogP contribution in [0, 0.1) is 11.8 Å². The first kappa shape index (κ1) is 14.6. The minimum atomic E-state index is -0.647. The molecule has 3 unspecified atom stereocenters. The molecule has 20 heavy (non-hydrogen) atoms. The van der Waals surface area contributed by atoms with Crippen molar-refractivity contribution in [3.8, 4) is 0 Å². The number of nitrogens with one attached hydrogen (secondary N) is 1. The van der Waals surface area contributed by atoms with Crippen LogP contribution in [0.4, 0.5) is 0 Å². The molecule has 0 aromatic carbocycles. The highest BCUT2D eigenvalue weighted by molar-refractivity contribution is 6.12. The van der Waals surface area contributed by atoms with E-state index in [1.54, 1.807) is 0 Å². The summed E-state index contributed by atoms with van der Waals surface area (Å²) in [6, 6.07) is 0.168. The second-order valence-corrected chi connectivity index (χ2v) is 5.60. The fourth-order valence-electron chi connectivity index (χ4n) is 3.06. The molecule has 0 aromatic heterocycles. The van der Waals surface area contributed by atoms with Gasteiger partial charge in [0, 0.05) is 19.2 Å². The number of ketones is 1. The van der Waals surface area contributed by atoms with Crippen LogP contribution in [-0.4, -0.2) is 29.9 Å². The third-order valence-electron chi connectivity index (χ3n) is 3.95. The first-order chi connectivity index (χ1) is 9.56. The van der Waals surface area contributed by atoms with Crippen molar-refractivity contribution in [2.45, 2.75) is 45.1 Å². The minimum Gasteiger partial charge on any atom is -0.354 e. The predicted molar refractivity (Wildman–Crippen MR) is 75.3 cm³/mol. The average molecular weight is 276 g/mol. The van der Waals surface area contributed by atoms with Crippen LogP contribution in [0.5, 0.6) is 0 Å². The number of aliphatic imine (C=N–C) groups is 1. The average Bonchev–Trinajstić information content (AvgIpc) is 2.54. The number of nitrogens with zero attached hydrogens (tertiary/aromatic N) is 1. The van der Waals surface area contributed by atoms with Gasteiger partial charge >= 0.3 is 0 Å². The Labute approximate surface area is 118 Å². The van der Waals surface area contributed by atoms with Gasteiger partial charge in [0.15, 0.2) is 5.78 Å². The van der Waals surface area contributed by atoms with Crippen LogP contribution >= 0.6 is 0 Å². The van der Waals surface area contributed by atoms with Gasteiger partial charge in [-0.1, -0.05) is 12.8 Å². The fourth-order valence-corrected chi connectivity index (χ4v) is 3.06. The van der Waals surface area contributed by atoms with Crippen molar-refractivity contribution in [3.63, 3.8) is 0 Å². The Morgan fingerprint density at radius 1 is 1.40 bits per heavy atom. The van der Waals surface area contributed by atoms with Crippen LogP contribution in [0.3, 0.4) is 0 Å². The lowest BCUT2D eigenvalue weighted by molar-refractivity contribution is -0.130. The maximum Gasteiger partial charge on any atom is 0.256 e. The van der Waals surface area contributed by atoms with Crippen molar-refractivity contribution in [1.82, 2.24) is 5.32 Å². The summed E-state index contributed by atoms with van der Waals surface area (Å²) in [7, 11) is 0. The lowest BCUT2D eigenvalue weighted by Gasteiger charge is -2.30. The van der Waals surface area contributed by atoms with E-state index in [0.29, 0.717) is 12.3 Å². The first-order valence-corrected chi connectivity index (χ1v) is 7.12. The molecule has 1 saturated carbocycles. The molecule has 3 atom stereocenters. The largest absolute Gasteiger partial charge is 0.354 e. The van der Waals surface area contributed by atoms with Gasteiger partial charge in [0.1, 0.15) is 5.92 Å². The zero-order valence-corrected chi connectivity index (χ0v) is 11.7. The molecule has 0 bridgehead atoms. The molecule has 2 rings (SSSR count). The van der Waals surface area contributed by atoms with E-state index < -0.39 is 5.92 Å². The topological polar surface area (TPSA) is 75.6 Å². The predicted octanol–water partition coefficient (Wildman–Crippen LogP) is 1.42. The van der Waals surface area contributed by atoms with Crippen LogP contribution in [0.1, 0.15) is 39.0 Å². The van der Waals surface area contributed by atoms with Gasteiger partial charge in [-0.15, -0.1) is 0 Å². The molecule has 1 aliphatic heterocycles. The van der Waals surface area contributed by atoms with E-state index in [1.807, 2.05) is 0 Å². The summed E-state index contributed by atoms with van der Waals surface area (Å²) in [6.07, 6.45) is 8.68. The molecular formula is C15H20N2O3. The van der Waals surface area contributed by atoms with Gasteiger partial charge in [0.25, 0.3) is 5.91 Å². The van der Waals surface area contributed by atoms with Crippen molar-refractivity contribution in [2.24, 2.45) is 16.8 Å². The van der Waals surface area contributed by atoms with Crippen molar-refractivity contribution in [1.29, 1.82) is 0 Å². The Kier molecular flexibility index (Phi) is 4.82. The zero-order valence-electron chi connectivity index (χ0n) is 11.7. The number of hydrogen-bond acceptors (Lipinski definition) is 3. The summed E-state index contributed by atoms with van der Waals surface area (Å²) in [5, 5.41) is 2.93. The third kappa shape index (κ3) is 3.85. The van der Waals surface area contributed by atoms with Gasteiger partial charge in [-0.05, 0) is 37.3 Å². The Hall–Kier alpha value is -1.78. The lowest BCUT2D eigenvalue weighted by atomic mass is 9.79. The molecule has 2 amide bonds. The van der Waals surface area contributed by atoms with Gasteiger partial charge in [-0.25, -0.2) is 4.99 Å². The summed E-state index contributed by atoms with van der Waals surface area (Å²) in [4.78, 5) is 38.6. The van der Waals surface area contributed by atoms with E-state index in [1.165, 1.54) is 25.3 Å². The van der Waals surface area contributed by atoms with Gasteiger partial charge in [0.2, 0.25) is 5.91 Å². The van der Waals surface area contributed by atoms with Gasteiger partial charge in [-0.2, -0.15) is 0 Å². The highest BCUT2D eigenvalue weighted by Crippen LogP contribution is 2.30. The normalized spacial score (nSPS) is 30.1. The van der Waals surface area contributed by atoms with Crippen molar-refractivity contribution in [2.75, 3.05) is 0 Å². The van der Waals surface area contributed by atoms with Crippen LogP contribution in [-0.2, 0) is 14.4 Å². The minimum absolute atomic E-state index is 0.0233. The molecule has 1 heterocycles. The molecule has 0 radical (unpaired) electrons. The van der Waals surface area contributed by atoms with E-state index in [4.69, 9.17) is 0 Å². The molecule has 5 nitrogen and oxygen atoms in total. The van der Waals surface area contributed by atoms with Gasteiger partial charge in [0.05, 0.1) is 0 Å². The Morgan fingerprint density at radius 2 is 2.20 bits per heavy atom. The molecule has 1 N–H and O–H groups in total. The Morgan fingerprint density at radius 3 is 2.95 bits per heavy atom. The summed E-state index contributed by atoms with van der Waals surface area (Å²) in [6.45, 7) is 1.52. The molecule has 1 fully saturated rings. The summed E-state index contributed by atoms with van der Waals surface area (Å²) >= 11 is 0. The number of carbonyl (C=O) groups excluding carboxylic acids is 3. The monoisotopic (exact) mass is 276 g/mol. The Bertz CT molecular complexity index is 444. The lowest BCUT2D eigenvalue weighted by Crippen LogP contribution is -2.38. The quantitative estimate of drug-likeness (QED) is 0.792. The highest BCUT2D eigenvalue weighted by atomic mass is 16.2. The zero-order chi connectivity index (χ0) is 14.5. The van der Waals surface area contributed by atoms with E-state index >= 15 is 0 Å². The van der Waals surface area contributed by atoms with Crippen molar-refractivity contribution in [3.05, 3.63) is 12.2 Å².